The molecule has 0 radical (unpaired) electrons. The van der Waals surface area contributed by atoms with E-state index in [9.17, 15) is 24.7 Å². The maximum atomic E-state index is 13.4. The number of ether oxygens (including phenoxy) is 12. The van der Waals surface area contributed by atoms with Gasteiger partial charge >= 0.3 is 23.9 Å². The third-order valence-electron chi connectivity index (χ3n) is 23.3. The minimum atomic E-state index is -3.75. The Bertz CT molecular complexity index is 5640. The number of esters is 4. The molecule has 0 bridgehead atoms. The summed E-state index contributed by atoms with van der Waals surface area (Å²) in [7, 11) is 3.32. The van der Waals surface area contributed by atoms with Gasteiger partial charge in [-0.05, 0) is 192 Å². The molecule has 16 atom stereocenters. The summed E-state index contributed by atoms with van der Waals surface area (Å²) in [6.45, 7) is -10.0. The largest absolute Gasteiger partial charge is 0.493 e. The van der Waals surface area contributed by atoms with Gasteiger partial charge in [-0.2, -0.15) is 0 Å². The fraction of sp³-hybridized carbons (Fsp3) is 0.708. The van der Waals surface area contributed by atoms with Crippen LogP contribution < -0.4 is 60.8 Å². The Morgan fingerprint density at radius 1 is 0.358 bits per heavy atom. The first-order valence-corrected chi connectivity index (χ1v) is 40.6. The lowest BCUT2D eigenvalue weighted by Crippen LogP contribution is -2.51. The lowest BCUT2D eigenvalue weighted by Gasteiger charge is -2.47. The van der Waals surface area contributed by atoms with E-state index in [1.165, 1.54) is 42.7 Å². The number of hydrogen-bond donors (Lipinski definition) is 4. The van der Waals surface area contributed by atoms with E-state index in [4.69, 9.17) is 132 Å². The highest BCUT2D eigenvalue weighted by molar-refractivity contribution is 5.77. The molecule has 0 spiro atoms. The van der Waals surface area contributed by atoms with Crippen LogP contribution >= 0.6 is 0 Å². The average molecular weight is 1720 g/mol. The van der Waals surface area contributed by atoms with Crippen LogP contribution in [0.5, 0.6) is 46.0 Å². The second kappa shape index (κ2) is 43.9. The zero-order valence-electron chi connectivity index (χ0n) is 113. The number of nitrogens with two attached hydrogens (primary N) is 4. The average Bonchev–Trinajstić information content (AvgIpc) is 0.728. The Morgan fingerprint density at radius 3 is 0.892 bits per heavy atom. The molecule has 0 aliphatic carbocycles. The smallest absolute Gasteiger partial charge is 0.323 e. The second-order valence-electron chi connectivity index (χ2n) is 33.2. The van der Waals surface area contributed by atoms with Gasteiger partial charge in [0.05, 0.1) is 75.9 Å². The molecule has 672 valence electrons. The molecule has 8 aliphatic heterocycles. The second-order valence-corrected chi connectivity index (χ2v) is 33.2. The van der Waals surface area contributed by atoms with Crippen molar-refractivity contribution in [1.82, 2.24) is 19.6 Å². The molecule has 8 N–H and O–H groups in total. The van der Waals surface area contributed by atoms with Gasteiger partial charge in [-0.3, -0.25) is 38.8 Å². The van der Waals surface area contributed by atoms with Crippen LogP contribution in [0.1, 0.15) is 288 Å². The van der Waals surface area contributed by atoms with Crippen LogP contribution in [-0.4, -0.2) is 201 Å². The van der Waals surface area contributed by atoms with Crippen molar-refractivity contribution in [3.05, 3.63) is 93.0 Å². The van der Waals surface area contributed by atoms with Gasteiger partial charge in [0.15, 0.2) is 46.0 Å². The monoisotopic (exact) mass is 1720 g/mol. The predicted octanol–water partition coefficient (Wildman–Crippen LogP) is 14.3. The molecule has 0 amide bonds. The maximum Gasteiger partial charge on any atom is 0.323 e. The number of carbonyl (C=O) groups is 4. The van der Waals surface area contributed by atoms with Crippen LogP contribution in [0.15, 0.2) is 48.5 Å². The highest BCUT2D eigenvalue weighted by Crippen LogP contribution is 2.50. The molecule has 0 aromatic heterocycles. The molecule has 4 saturated heterocycles. The Labute approximate surface area is 777 Å². The molecule has 8 heterocycles. The number of fused-ring (bicyclic) bond motifs is 12. The molecule has 4 aromatic carbocycles. The number of carbonyl (C=O) groups excluding carboxylic acids is 4. The van der Waals surface area contributed by atoms with Crippen LogP contribution in [0.25, 0.3) is 0 Å². The van der Waals surface area contributed by atoms with Gasteiger partial charge in [-0.25, -0.2) is 0 Å². The lowest BCUT2D eigenvalue weighted by molar-refractivity contribution is -0.161. The SMILES string of the molecule is [2H]C([2H])([2H])Oc1cc2c(cc1OC)C1CC([2H])(OC(=O)[C@@]([2H])(N)C([2H])(C([2H])([2H])[2H])C([2H])([2H])[2H])C(CC(C)C)CN1CC2.[2H]C([2H])([2H])Oc1cc2c(cc1OC)C1CC([2H])(OC(=O)[C@@]([2H])(N)C([2H])(C([2H])([2H])[2H])C([2H])([2H])[2H])C(CC(C)C)CN1CC2.[2H]C1(OC(=O)[C@@]([2H])(N)C([2H])(C([2H])([2H])[2H])C([2H])([2H])[2H])CC2c3cc(OC)c(OC)cc3CCN2CC1CC(C)C.[2H]C12CC(OC(=O)[C@@]([2H])(N)C([2H])(C([2H])([2H])[2H])C([2H])([2H])[2H])C(CC(C)C)CN1CCc1cc(OC)c(OC)cc12. The van der Waals surface area contributed by atoms with Gasteiger partial charge < -0.3 is 79.8 Å². The van der Waals surface area contributed by atoms with E-state index in [1.54, 1.807) is 30.3 Å². The van der Waals surface area contributed by atoms with Gasteiger partial charge in [-0.1, -0.05) is 110 Å². The molecular weight excluding hydrogens is 1520 g/mol. The standard InChI is InChI=1S/4C24H38N2O4/c4*1-14(2)9-17-13-26-8-7-16-10-21(28-5)22(29-6)11-18(16)19(26)12-20(17)30-24(27)23(25)15(3)4/h4*10-11,14-15,17,19-20,23H,7-9,12-13,25H2,1-6H3/t4*17?,19?,20?,23-/m0000/s1/i2*3D3,4D3,5D3,15D,20D,23D;3D3,4D3,15D,20D,23D;3D3,4D3,15D,19D,23D. The zero-order valence-corrected chi connectivity index (χ0v) is 71.3. The summed E-state index contributed by atoms with van der Waals surface area (Å²) in [5, 5.41) is 0. The number of benzene rings is 4. The summed E-state index contributed by atoms with van der Waals surface area (Å²) in [6.07, 6.45) is -3.19. The first kappa shape index (κ1) is 53.2. The van der Waals surface area contributed by atoms with E-state index in [-0.39, 0.29) is 97.4 Å². The van der Waals surface area contributed by atoms with E-state index in [0.717, 1.165) is 34.2 Å². The van der Waals surface area contributed by atoms with E-state index < -0.39 is 201 Å². The molecule has 120 heavy (non-hydrogen) atoms. The number of nitrogens with zero attached hydrogens (tertiary/aromatic N) is 4. The van der Waals surface area contributed by atoms with Gasteiger partial charge in [0.1, 0.15) is 48.4 Å². The summed E-state index contributed by atoms with van der Waals surface area (Å²) < 4.78 is 398. The third-order valence-corrected chi connectivity index (χ3v) is 23.3. The minimum absolute atomic E-state index is 0.0185. The van der Waals surface area contributed by atoms with Crippen LogP contribution in [0, 0.1) is 70.9 Å². The molecule has 8 aliphatic rings. The molecular formula is C96H152N8O16. The zero-order chi connectivity index (χ0) is 124. The first-order valence-electron chi connectivity index (χ1n) is 61.6. The van der Waals surface area contributed by atoms with Crippen molar-refractivity contribution in [2.45, 2.75) is 260 Å². The summed E-state index contributed by atoms with van der Waals surface area (Å²) in [5.41, 5.74) is 29.2. The molecule has 4 aromatic rings. The quantitative estimate of drug-likeness (QED) is 0.0303. The van der Waals surface area contributed by atoms with E-state index in [0.29, 0.717) is 124 Å². The van der Waals surface area contributed by atoms with E-state index >= 15 is 0 Å². The Kier molecular flexibility index (Phi) is 19.5. The molecule has 0 saturated carbocycles. The Balaban J connectivity index is 0.000000238. The predicted molar refractivity (Wildman–Crippen MR) is 471 cm³/mol. The molecule has 4 fully saturated rings. The Hall–Kier alpha value is -7.16. The van der Waals surface area contributed by atoms with Gasteiger partial charge in [0.2, 0.25) is 0 Å². The van der Waals surface area contributed by atoms with Gasteiger partial charge in [-0.15, -0.1) is 0 Å². The van der Waals surface area contributed by atoms with Crippen LogP contribution in [0.3, 0.4) is 0 Å². The van der Waals surface area contributed by atoms with Crippen molar-refractivity contribution < 1.29 is 134 Å². The van der Waals surface area contributed by atoms with E-state index in [1.807, 2.05) is 78.5 Å². The van der Waals surface area contributed by atoms with Crippen molar-refractivity contribution in [1.29, 1.82) is 0 Å². The molecule has 24 nitrogen and oxygen atoms in total. The van der Waals surface area contributed by atoms with Crippen molar-refractivity contribution in [2.75, 3.05) is 109 Å². The summed E-state index contributed by atoms with van der Waals surface area (Å²) in [6, 6.07) is -3.36. The van der Waals surface area contributed by atoms with Crippen molar-refractivity contribution >= 4 is 23.9 Å². The fourth-order valence-corrected chi connectivity index (χ4v) is 17.6. The Morgan fingerprint density at radius 2 is 0.608 bits per heavy atom. The van der Waals surface area contributed by atoms with Crippen LogP contribution in [0.4, 0.5) is 0 Å². The van der Waals surface area contributed by atoms with E-state index in [2.05, 4.69) is 14.7 Å². The topological polar surface area (TPSA) is 296 Å². The van der Waals surface area contributed by atoms with Crippen molar-refractivity contribution in [2.24, 2.45) is 93.9 Å². The lowest BCUT2D eigenvalue weighted by atomic mass is 9.79. The summed E-state index contributed by atoms with van der Waals surface area (Å²) in [4.78, 5) is 61.9. The van der Waals surface area contributed by atoms with Gasteiger partial charge in [0, 0.05) is 164 Å². The van der Waals surface area contributed by atoms with Crippen LogP contribution in [-0.2, 0) is 63.8 Å². The summed E-state index contributed by atoms with van der Waals surface area (Å²) >= 11 is 0. The fourth-order valence-electron chi connectivity index (χ4n) is 17.6. The molecule has 12 unspecified atom stereocenters. The molecule has 24 heteroatoms. The summed E-state index contributed by atoms with van der Waals surface area (Å²) in [5.74, 6) is -21.2. The number of methoxy groups -OCH3 is 8. The van der Waals surface area contributed by atoms with Gasteiger partial charge in [0.25, 0.3) is 0 Å². The third kappa shape index (κ3) is 23.8. The maximum absolute atomic E-state index is 13.4. The van der Waals surface area contributed by atoms with Crippen molar-refractivity contribution in [3.63, 3.8) is 0 Å². The number of piperidine rings is 4. The van der Waals surface area contributed by atoms with Crippen LogP contribution in [0.2, 0.25) is 0 Å². The van der Waals surface area contributed by atoms with Crippen molar-refractivity contribution in [3.8, 4) is 46.0 Å². The first-order chi connectivity index (χ1) is 73.2. The highest BCUT2D eigenvalue weighted by atomic mass is 16.6. The molecule has 12 rings (SSSR count). The normalized spacial score (nSPS) is 35.0. The highest BCUT2D eigenvalue weighted by Gasteiger charge is 2.47. The minimum Gasteiger partial charge on any atom is -0.493 e. The number of rotatable bonds is 28. The number of hydrogen-bond acceptors (Lipinski definition) is 24.